The van der Waals surface area contributed by atoms with Gasteiger partial charge in [-0.15, -0.1) is 0 Å². The highest BCUT2D eigenvalue weighted by molar-refractivity contribution is 5.88. The number of benzene rings is 2. The zero-order valence-electron chi connectivity index (χ0n) is 18.2. The smallest absolute Gasteiger partial charge is 0.325 e. The number of carbonyl (C=O) groups excluding carboxylic acids is 5. The lowest BCUT2D eigenvalue weighted by atomic mass is 10.3. The van der Waals surface area contributed by atoms with E-state index in [1.54, 1.807) is 60.7 Å². The van der Waals surface area contributed by atoms with Crippen LogP contribution in [0.2, 0.25) is 0 Å². The highest BCUT2D eigenvalue weighted by atomic mass is 16.6. The molecule has 0 aliphatic heterocycles. The van der Waals surface area contributed by atoms with Gasteiger partial charge in [0.1, 0.15) is 24.6 Å². The highest BCUT2D eigenvalue weighted by Gasteiger charge is 2.13. The molecule has 0 spiro atoms. The van der Waals surface area contributed by atoms with Gasteiger partial charge < -0.3 is 29.6 Å². The van der Waals surface area contributed by atoms with Gasteiger partial charge in [-0.3, -0.25) is 24.0 Å². The molecule has 2 aromatic carbocycles. The van der Waals surface area contributed by atoms with Gasteiger partial charge in [-0.25, -0.2) is 0 Å². The molecule has 34 heavy (non-hydrogen) atoms. The first-order chi connectivity index (χ1) is 16.4. The number of ether oxygens (including phenoxy) is 4. The van der Waals surface area contributed by atoms with Crippen molar-refractivity contribution in [2.45, 2.75) is 0 Å². The Morgan fingerprint density at radius 1 is 0.559 bits per heavy atom. The lowest BCUT2D eigenvalue weighted by Gasteiger charge is -2.09. The first-order valence-electron chi connectivity index (χ1n) is 10.1. The standard InChI is InChI=1S/C23H24N2O9/c26-17(13-33-22(29)11-24-20(27)15-31-18-7-3-1-4-8-18)14-34-23(30)12-25-21(28)16-32-19-9-5-2-6-10-19/h1-10H,11-16H2,(H,24,27)(H,25,28). The molecule has 11 heteroatoms. The van der Waals surface area contributed by atoms with Gasteiger partial charge in [-0.2, -0.15) is 0 Å². The third kappa shape index (κ3) is 11.3. The number of hydrogen-bond donors (Lipinski definition) is 2. The van der Waals surface area contributed by atoms with Crippen LogP contribution in [0.3, 0.4) is 0 Å². The van der Waals surface area contributed by atoms with Gasteiger partial charge in [0.15, 0.2) is 26.4 Å². The fourth-order valence-electron chi connectivity index (χ4n) is 2.24. The molecule has 180 valence electrons. The van der Waals surface area contributed by atoms with E-state index in [9.17, 15) is 24.0 Å². The molecule has 0 fully saturated rings. The summed E-state index contributed by atoms with van der Waals surface area (Å²) in [6.07, 6.45) is 0. The number of para-hydroxylation sites is 2. The first kappa shape index (κ1) is 25.8. The van der Waals surface area contributed by atoms with Crippen LogP contribution in [0.25, 0.3) is 0 Å². The summed E-state index contributed by atoms with van der Waals surface area (Å²) in [5.41, 5.74) is 0. The van der Waals surface area contributed by atoms with Crippen LogP contribution in [0.15, 0.2) is 60.7 Å². The van der Waals surface area contributed by atoms with Gasteiger partial charge >= 0.3 is 11.9 Å². The van der Waals surface area contributed by atoms with Crippen LogP contribution in [0.5, 0.6) is 11.5 Å². The summed E-state index contributed by atoms with van der Waals surface area (Å²) in [4.78, 5) is 58.2. The lowest BCUT2D eigenvalue weighted by molar-refractivity contribution is -0.153. The zero-order valence-corrected chi connectivity index (χ0v) is 18.2. The van der Waals surface area contributed by atoms with Crippen molar-refractivity contribution in [3.8, 4) is 11.5 Å². The molecule has 0 heterocycles. The van der Waals surface area contributed by atoms with Crippen molar-refractivity contribution >= 4 is 29.5 Å². The van der Waals surface area contributed by atoms with Gasteiger partial charge in [0.05, 0.1) is 0 Å². The number of Topliss-reactive ketones (excluding diaryl/α,β-unsaturated/α-hetero) is 1. The van der Waals surface area contributed by atoms with Gasteiger partial charge in [0, 0.05) is 0 Å². The highest BCUT2D eigenvalue weighted by Crippen LogP contribution is 2.08. The van der Waals surface area contributed by atoms with E-state index in [2.05, 4.69) is 10.6 Å². The average molecular weight is 472 g/mol. The van der Waals surface area contributed by atoms with E-state index in [0.717, 1.165) is 0 Å². The number of hydrogen-bond acceptors (Lipinski definition) is 9. The van der Waals surface area contributed by atoms with E-state index >= 15 is 0 Å². The molecule has 0 aliphatic rings. The molecular weight excluding hydrogens is 448 g/mol. The summed E-state index contributed by atoms with van der Waals surface area (Å²) in [5.74, 6) is -2.47. The SMILES string of the molecule is O=C(COC(=O)CNC(=O)COc1ccccc1)COC(=O)CNC(=O)COc1ccccc1. The van der Waals surface area contributed by atoms with Crippen LogP contribution in [0, 0.1) is 0 Å². The molecule has 0 radical (unpaired) electrons. The molecule has 0 saturated heterocycles. The van der Waals surface area contributed by atoms with Crippen molar-refractivity contribution in [2.75, 3.05) is 39.5 Å². The normalized spacial score (nSPS) is 9.88. The molecule has 0 saturated carbocycles. The summed E-state index contributed by atoms with van der Waals surface area (Å²) >= 11 is 0. The maximum atomic E-state index is 11.7. The predicted octanol–water partition coefficient (Wildman–Crippen LogP) is 0.0323. The Morgan fingerprint density at radius 2 is 0.941 bits per heavy atom. The second-order valence-electron chi connectivity index (χ2n) is 6.62. The largest absolute Gasteiger partial charge is 0.484 e. The number of nitrogens with one attached hydrogen (secondary N) is 2. The predicted molar refractivity (Wildman–Crippen MR) is 117 cm³/mol. The summed E-state index contributed by atoms with van der Waals surface area (Å²) in [5, 5.41) is 4.58. The fraction of sp³-hybridized carbons (Fsp3) is 0.261. The number of rotatable bonds is 14. The molecule has 11 nitrogen and oxygen atoms in total. The van der Waals surface area contributed by atoms with Crippen molar-refractivity contribution in [2.24, 2.45) is 0 Å². The Hall–Kier alpha value is -4.41. The third-order valence-corrected chi connectivity index (χ3v) is 3.87. The van der Waals surface area contributed by atoms with Crippen molar-refractivity contribution in [3.63, 3.8) is 0 Å². The Morgan fingerprint density at radius 3 is 1.32 bits per heavy atom. The van der Waals surface area contributed by atoms with Crippen molar-refractivity contribution in [1.82, 2.24) is 10.6 Å². The van der Waals surface area contributed by atoms with Crippen LogP contribution in [-0.4, -0.2) is 69.1 Å². The third-order valence-electron chi connectivity index (χ3n) is 3.87. The van der Waals surface area contributed by atoms with Gasteiger partial charge in [-0.05, 0) is 24.3 Å². The summed E-state index contributed by atoms with van der Waals surface area (Å²) < 4.78 is 19.8. The van der Waals surface area contributed by atoms with Gasteiger partial charge in [-0.1, -0.05) is 36.4 Å². The number of ketones is 1. The molecular formula is C23H24N2O9. The van der Waals surface area contributed by atoms with Crippen molar-refractivity contribution in [3.05, 3.63) is 60.7 Å². The average Bonchev–Trinajstić information content (AvgIpc) is 2.87. The van der Waals surface area contributed by atoms with Crippen molar-refractivity contribution in [1.29, 1.82) is 0 Å². The quantitative estimate of drug-likeness (QED) is 0.364. The van der Waals surface area contributed by atoms with Crippen LogP contribution in [0.1, 0.15) is 0 Å². The topological polar surface area (TPSA) is 146 Å². The van der Waals surface area contributed by atoms with Crippen LogP contribution in [0.4, 0.5) is 0 Å². The maximum absolute atomic E-state index is 11.7. The Kier molecular flexibility index (Phi) is 11.1. The molecule has 0 unspecified atom stereocenters. The molecule has 0 atom stereocenters. The number of carbonyl (C=O) groups is 5. The molecule has 2 aromatic rings. The Bertz CT molecular complexity index is 887. The Balaban J connectivity index is 1.50. The second-order valence-corrected chi connectivity index (χ2v) is 6.62. The number of amides is 2. The van der Waals surface area contributed by atoms with Crippen LogP contribution >= 0.6 is 0 Å². The van der Waals surface area contributed by atoms with E-state index in [-0.39, 0.29) is 13.2 Å². The summed E-state index contributed by atoms with van der Waals surface area (Å²) in [7, 11) is 0. The maximum Gasteiger partial charge on any atom is 0.325 e. The molecule has 2 rings (SSSR count). The molecule has 0 aromatic heterocycles. The summed E-state index contributed by atoms with van der Waals surface area (Å²) in [6, 6.07) is 17.3. The fourth-order valence-corrected chi connectivity index (χ4v) is 2.24. The zero-order chi connectivity index (χ0) is 24.6. The van der Waals surface area contributed by atoms with Gasteiger partial charge in [0.2, 0.25) is 5.78 Å². The monoisotopic (exact) mass is 472 g/mol. The molecule has 0 aliphatic carbocycles. The van der Waals surface area contributed by atoms with Crippen LogP contribution in [-0.2, 0) is 33.4 Å². The lowest BCUT2D eigenvalue weighted by Crippen LogP contribution is -2.36. The first-order valence-corrected chi connectivity index (χ1v) is 10.1. The van der Waals surface area contributed by atoms with E-state index in [1.807, 2.05) is 0 Å². The second kappa shape index (κ2) is 14.6. The van der Waals surface area contributed by atoms with E-state index in [0.29, 0.717) is 11.5 Å². The number of esters is 2. The molecule has 0 bridgehead atoms. The summed E-state index contributed by atoms with van der Waals surface area (Å²) in [6.45, 7) is -2.77. The van der Waals surface area contributed by atoms with Crippen LogP contribution < -0.4 is 20.1 Å². The Labute approximate surface area is 195 Å². The molecule has 2 amide bonds. The van der Waals surface area contributed by atoms with E-state index < -0.39 is 55.8 Å². The van der Waals surface area contributed by atoms with Gasteiger partial charge in [0.25, 0.3) is 11.8 Å². The minimum Gasteiger partial charge on any atom is -0.484 e. The minimum absolute atomic E-state index is 0.291. The molecule has 2 N–H and O–H groups in total. The van der Waals surface area contributed by atoms with E-state index in [1.165, 1.54) is 0 Å². The van der Waals surface area contributed by atoms with Crippen molar-refractivity contribution < 1.29 is 42.9 Å². The van der Waals surface area contributed by atoms with E-state index in [4.69, 9.17) is 18.9 Å². The minimum atomic E-state index is -0.849.